The quantitative estimate of drug-likeness (QED) is 0.806. The summed E-state index contributed by atoms with van der Waals surface area (Å²) < 4.78 is 18.3. The Morgan fingerprint density at radius 1 is 1.35 bits per heavy atom. The van der Waals surface area contributed by atoms with Crippen LogP contribution in [0.1, 0.15) is 35.5 Å². The Kier molecular flexibility index (Phi) is 6.71. The fourth-order valence-electron chi connectivity index (χ4n) is 2.92. The van der Waals surface area contributed by atoms with Gasteiger partial charge in [-0.15, -0.1) is 11.3 Å². The first-order valence-electron chi connectivity index (χ1n) is 8.85. The van der Waals surface area contributed by atoms with Crippen LogP contribution in [0.15, 0.2) is 29.6 Å². The van der Waals surface area contributed by atoms with Gasteiger partial charge in [0, 0.05) is 31.4 Å². The standard InChI is InChI=1S/C19H24FN3O2S/c1-14(15-2-4-16(20)5-3-15)10-18(24)21-11-19-22-17(13-26-19)12-23-6-8-25-9-7-23/h2-5,13-14H,6-12H2,1H3,(H,21,24). The molecule has 0 aliphatic carbocycles. The lowest BCUT2D eigenvalue weighted by Crippen LogP contribution is -2.35. The van der Waals surface area contributed by atoms with Gasteiger partial charge in [-0.25, -0.2) is 9.37 Å². The van der Waals surface area contributed by atoms with Crippen molar-refractivity contribution in [2.45, 2.75) is 32.4 Å². The average Bonchev–Trinajstić information content (AvgIpc) is 3.09. The Hall–Kier alpha value is -1.83. The predicted molar refractivity (Wildman–Crippen MR) is 99.5 cm³/mol. The van der Waals surface area contributed by atoms with Crippen molar-refractivity contribution in [2.75, 3.05) is 26.3 Å². The Labute approximate surface area is 157 Å². The molecule has 0 bridgehead atoms. The summed E-state index contributed by atoms with van der Waals surface area (Å²) in [5.41, 5.74) is 2.00. The summed E-state index contributed by atoms with van der Waals surface area (Å²) in [6.45, 7) is 6.67. The molecular weight excluding hydrogens is 353 g/mol. The van der Waals surface area contributed by atoms with E-state index in [0.29, 0.717) is 13.0 Å². The molecule has 1 atom stereocenters. The van der Waals surface area contributed by atoms with Crippen LogP contribution in [0.5, 0.6) is 0 Å². The SMILES string of the molecule is CC(CC(=O)NCc1nc(CN2CCOCC2)cs1)c1ccc(F)cc1. The Morgan fingerprint density at radius 3 is 2.81 bits per heavy atom. The molecule has 1 N–H and O–H groups in total. The maximum absolute atomic E-state index is 13.0. The summed E-state index contributed by atoms with van der Waals surface area (Å²) in [5, 5.41) is 5.90. The molecule has 3 rings (SSSR count). The molecule has 0 saturated carbocycles. The van der Waals surface area contributed by atoms with Crippen molar-refractivity contribution in [1.82, 2.24) is 15.2 Å². The van der Waals surface area contributed by atoms with E-state index in [4.69, 9.17) is 4.74 Å². The summed E-state index contributed by atoms with van der Waals surface area (Å²) >= 11 is 1.57. The molecule has 7 heteroatoms. The van der Waals surface area contributed by atoms with E-state index in [9.17, 15) is 9.18 Å². The van der Waals surface area contributed by atoms with E-state index in [0.717, 1.165) is 49.1 Å². The fraction of sp³-hybridized carbons (Fsp3) is 0.474. The molecule has 1 aromatic heterocycles. The number of nitrogens with one attached hydrogen (secondary N) is 1. The number of aromatic nitrogens is 1. The van der Waals surface area contributed by atoms with E-state index < -0.39 is 0 Å². The minimum Gasteiger partial charge on any atom is -0.379 e. The summed E-state index contributed by atoms with van der Waals surface area (Å²) in [4.78, 5) is 19.1. The number of morpholine rings is 1. The van der Waals surface area contributed by atoms with Crippen LogP contribution >= 0.6 is 11.3 Å². The third kappa shape index (κ3) is 5.59. The molecule has 0 radical (unpaired) electrons. The monoisotopic (exact) mass is 377 g/mol. The first kappa shape index (κ1) is 18.9. The third-order valence-corrected chi connectivity index (χ3v) is 5.35. The highest BCUT2D eigenvalue weighted by molar-refractivity contribution is 7.09. The summed E-state index contributed by atoms with van der Waals surface area (Å²) in [5.74, 6) is -0.238. The third-order valence-electron chi connectivity index (χ3n) is 4.46. The van der Waals surface area contributed by atoms with Crippen LogP contribution in [-0.4, -0.2) is 42.1 Å². The van der Waals surface area contributed by atoms with Gasteiger partial charge in [-0.2, -0.15) is 0 Å². The van der Waals surface area contributed by atoms with Crippen molar-refractivity contribution in [3.05, 3.63) is 51.7 Å². The molecule has 2 heterocycles. The lowest BCUT2D eigenvalue weighted by atomic mass is 9.97. The van der Waals surface area contributed by atoms with Crippen LogP contribution < -0.4 is 5.32 Å². The molecule has 0 spiro atoms. The van der Waals surface area contributed by atoms with Gasteiger partial charge in [-0.1, -0.05) is 19.1 Å². The Balaban J connectivity index is 1.43. The van der Waals surface area contributed by atoms with Gasteiger partial charge < -0.3 is 10.1 Å². The highest BCUT2D eigenvalue weighted by Crippen LogP contribution is 2.19. The fourth-order valence-corrected chi connectivity index (χ4v) is 3.65. The molecule has 1 fully saturated rings. The number of hydrogen-bond acceptors (Lipinski definition) is 5. The van der Waals surface area contributed by atoms with Gasteiger partial charge in [0.2, 0.25) is 5.91 Å². The predicted octanol–water partition coefficient (Wildman–Crippen LogP) is 2.92. The lowest BCUT2D eigenvalue weighted by Gasteiger charge is -2.25. The molecule has 1 aromatic carbocycles. The Morgan fingerprint density at radius 2 is 2.08 bits per heavy atom. The number of benzene rings is 1. The van der Waals surface area contributed by atoms with Crippen LogP contribution in [0.4, 0.5) is 4.39 Å². The molecular formula is C19H24FN3O2S. The molecule has 1 aliphatic rings. The summed E-state index contributed by atoms with van der Waals surface area (Å²) in [7, 11) is 0. The smallest absolute Gasteiger partial charge is 0.220 e. The number of nitrogens with zero attached hydrogens (tertiary/aromatic N) is 2. The number of rotatable bonds is 7. The van der Waals surface area contributed by atoms with Crippen molar-refractivity contribution < 1.29 is 13.9 Å². The second-order valence-electron chi connectivity index (χ2n) is 6.55. The first-order chi connectivity index (χ1) is 12.6. The van der Waals surface area contributed by atoms with Crippen molar-refractivity contribution in [3.8, 4) is 0 Å². The average molecular weight is 377 g/mol. The molecule has 1 aliphatic heterocycles. The summed E-state index contributed by atoms with van der Waals surface area (Å²) in [6.07, 6.45) is 0.373. The maximum Gasteiger partial charge on any atom is 0.220 e. The van der Waals surface area contributed by atoms with Gasteiger partial charge in [0.25, 0.3) is 0 Å². The van der Waals surface area contributed by atoms with E-state index in [1.807, 2.05) is 6.92 Å². The molecule has 140 valence electrons. The normalized spacial score (nSPS) is 16.4. The van der Waals surface area contributed by atoms with Crippen LogP contribution in [0.25, 0.3) is 0 Å². The topological polar surface area (TPSA) is 54.5 Å². The first-order valence-corrected chi connectivity index (χ1v) is 9.73. The van der Waals surface area contributed by atoms with Gasteiger partial charge >= 0.3 is 0 Å². The van der Waals surface area contributed by atoms with Gasteiger partial charge in [0.05, 0.1) is 25.5 Å². The number of hydrogen-bond donors (Lipinski definition) is 1. The van der Waals surface area contributed by atoms with Gasteiger partial charge in [0.15, 0.2) is 0 Å². The number of carbonyl (C=O) groups is 1. The number of thiazole rings is 1. The zero-order valence-electron chi connectivity index (χ0n) is 14.9. The van der Waals surface area contributed by atoms with Crippen molar-refractivity contribution in [2.24, 2.45) is 0 Å². The number of ether oxygens (including phenoxy) is 1. The van der Waals surface area contributed by atoms with E-state index in [1.54, 1.807) is 23.5 Å². The second-order valence-corrected chi connectivity index (χ2v) is 7.50. The second kappa shape index (κ2) is 9.21. The minimum absolute atomic E-state index is 0.0215. The van der Waals surface area contributed by atoms with Gasteiger partial charge in [0.1, 0.15) is 10.8 Å². The molecule has 1 amide bonds. The van der Waals surface area contributed by atoms with E-state index in [1.165, 1.54) is 12.1 Å². The molecule has 2 aromatic rings. The number of carbonyl (C=O) groups excluding carboxylic acids is 1. The minimum atomic E-state index is -0.262. The molecule has 26 heavy (non-hydrogen) atoms. The maximum atomic E-state index is 13.0. The Bertz CT molecular complexity index is 714. The lowest BCUT2D eigenvalue weighted by molar-refractivity contribution is -0.121. The van der Waals surface area contributed by atoms with E-state index in [-0.39, 0.29) is 17.6 Å². The van der Waals surface area contributed by atoms with Crippen molar-refractivity contribution in [1.29, 1.82) is 0 Å². The largest absolute Gasteiger partial charge is 0.379 e. The highest BCUT2D eigenvalue weighted by Gasteiger charge is 2.14. The molecule has 1 unspecified atom stereocenters. The molecule has 1 saturated heterocycles. The van der Waals surface area contributed by atoms with E-state index in [2.05, 4.69) is 20.6 Å². The number of amides is 1. The zero-order valence-corrected chi connectivity index (χ0v) is 15.7. The van der Waals surface area contributed by atoms with Gasteiger partial charge in [-0.3, -0.25) is 9.69 Å². The van der Waals surface area contributed by atoms with Crippen LogP contribution in [0, 0.1) is 5.82 Å². The van der Waals surface area contributed by atoms with Crippen LogP contribution in [0.2, 0.25) is 0 Å². The van der Waals surface area contributed by atoms with E-state index >= 15 is 0 Å². The summed E-state index contributed by atoms with van der Waals surface area (Å²) in [6, 6.07) is 6.31. The van der Waals surface area contributed by atoms with Crippen LogP contribution in [-0.2, 0) is 22.6 Å². The highest BCUT2D eigenvalue weighted by atomic mass is 32.1. The number of halogens is 1. The van der Waals surface area contributed by atoms with Gasteiger partial charge in [-0.05, 0) is 23.6 Å². The van der Waals surface area contributed by atoms with Crippen molar-refractivity contribution in [3.63, 3.8) is 0 Å². The van der Waals surface area contributed by atoms with Crippen molar-refractivity contribution >= 4 is 17.2 Å². The zero-order chi connectivity index (χ0) is 18.4. The van der Waals surface area contributed by atoms with Crippen LogP contribution in [0.3, 0.4) is 0 Å². The molecule has 5 nitrogen and oxygen atoms in total.